The first kappa shape index (κ1) is 11.8. The van der Waals surface area contributed by atoms with Gasteiger partial charge in [-0.1, -0.05) is 30.3 Å². The smallest absolute Gasteiger partial charge is 0.171 e. The molecule has 0 unspecified atom stereocenters. The molecule has 2 N–H and O–H groups in total. The van der Waals surface area contributed by atoms with Gasteiger partial charge in [0.1, 0.15) is 0 Å². The summed E-state index contributed by atoms with van der Waals surface area (Å²) in [5.74, 6) is 1.15. The van der Waals surface area contributed by atoms with E-state index < -0.39 is 0 Å². The van der Waals surface area contributed by atoms with E-state index in [1.54, 1.807) is 6.07 Å². The number of anilines is 1. The number of hydrogen-bond acceptors (Lipinski definition) is 3. The highest BCUT2D eigenvalue weighted by Crippen LogP contribution is 2.36. The lowest BCUT2D eigenvalue weighted by atomic mass is 10.0. The zero-order chi connectivity index (χ0) is 13.6. The fraction of sp³-hybridized carbons (Fsp3) is 0.267. The summed E-state index contributed by atoms with van der Waals surface area (Å²) in [5, 5.41) is 4.98. The van der Waals surface area contributed by atoms with Crippen LogP contribution < -0.4 is 5.73 Å². The Morgan fingerprint density at radius 3 is 2.79 bits per heavy atom. The second kappa shape index (κ2) is 4.16. The Morgan fingerprint density at radius 1 is 1.37 bits per heavy atom. The minimum atomic E-state index is 0.415. The van der Waals surface area contributed by atoms with Crippen LogP contribution in [-0.2, 0) is 13.5 Å². The molecular weight excluding hydrogens is 238 g/mol. The molecule has 0 atom stereocenters. The maximum atomic E-state index is 5.66. The van der Waals surface area contributed by atoms with Crippen LogP contribution in [0.15, 0.2) is 28.8 Å². The number of fused-ring (bicyclic) bond motifs is 1. The third-order valence-corrected chi connectivity index (χ3v) is 3.74. The summed E-state index contributed by atoms with van der Waals surface area (Å²) in [5.41, 5.74) is 10.5. The molecular formula is C15H17N3O. The number of aromatic nitrogens is 2. The van der Waals surface area contributed by atoms with Gasteiger partial charge in [-0.3, -0.25) is 0 Å². The molecule has 0 aliphatic heterocycles. The average Bonchev–Trinajstić information content (AvgIpc) is 2.93. The number of para-hydroxylation sites is 1. The van der Waals surface area contributed by atoms with E-state index in [2.05, 4.69) is 48.8 Å². The van der Waals surface area contributed by atoms with E-state index >= 15 is 0 Å². The molecule has 0 saturated heterocycles. The quantitative estimate of drug-likeness (QED) is 0.764. The first-order valence-electron chi connectivity index (χ1n) is 6.43. The van der Waals surface area contributed by atoms with Crippen molar-refractivity contribution in [3.05, 3.63) is 35.5 Å². The summed E-state index contributed by atoms with van der Waals surface area (Å²) in [6, 6.07) is 8.15. The van der Waals surface area contributed by atoms with Crippen LogP contribution in [0.3, 0.4) is 0 Å². The molecule has 1 aromatic carbocycles. The molecule has 0 aliphatic rings. The normalized spacial score (nSPS) is 11.3. The van der Waals surface area contributed by atoms with Gasteiger partial charge in [0, 0.05) is 29.8 Å². The van der Waals surface area contributed by atoms with E-state index in [-0.39, 0.29) is 0 Å². The Bertz CT molecular complexity index is 752. The van der Waals surface area contributed by atoms with Gasteiger partial charge < -0.3 is 14.8 Å². The van der Waals surface area contributed by atoms with E-state index in [9.17, 15) is 0 Å². The van der Waals surface area contributed by atoms with Gasteiger partial charge in [-0.15, -0.1) is 0 Å². The largest absolute Gasteiger partial charge is 0.381 e. The molecule has 0 radical (unpaired) electrons. The van der Waals surface area contributed by atoms with Gasteiger partial charge in [-0.05, 0) is 18.9 Å². The molecule has 0 fully saturated rings. The third kappa shape index (κ3) is 1.63. The molecule has 3 rings (SSSR count). The van der Waals surface area contributed by atoms with E-state index in [4.69, 9.17) is 10.3 Å². The van der Waals surface area contributed by atoms with Gasteiger partial charge >= 0.3 is 0 Å². The van der Waals surface area contributed by atoms with Crippen molar-refractivity contribution < 1.29 is 4.52 Å². The molecule has 4 heteroatoms. The van der Waals surface area contributed by atoms with Gasteiger partial charge in [-0.25, -0.2) is 0 Å². The van der Waals surface area contributed by atoms with Crippen LogP contribution in [0.4, 0.5) is 5.82 Å². The third-order valence-electron chi connectivity index (χ3n) is 3.74. The summed E-state index contributed by atoms with van der Waals surface area (Å²) in [7, 11) is 2.08. The number of rotatable bonds is 2. The fourth-order valence-corrected chi connectivity index (χ4v) is 2.72. The predicted molar refractivity (Wildman–Crippen MR) is 76.9 cm³/mol. The van der Waals surface area contributed by atoms with Crippen LogP contribution in [0.1, 0.15) is 18.2 Å². The minimum absolute atomic E-state index is 0.415. The summed E-state index contributed by atoms with van der Waals surface area (Å²) in [6.45, 7) is 4.26. The molecule has 0 bridgehead atoms. The topological polar surface area (TPSA) is 57.0 Å². The number of nitrogen functional groups attached to an aromatic ring is 1. The zero-order valence-electron chi connectivity index (χ0n) is 11.4. The van der Waals surface area contributed by atoms with Crippen molar-refractivity contribution in [2.24, 2.45) is 7.05 Å². The molecule has 2 aromatic heterocycles. The van der Waals surface area contributed by atoms with E-state index in [0.717, 1.165) is 23.4 Å². The van der Waals surface area contributed by atoms with Crippen LogP contribution in [-0.4, -0.2) is 9.72 Å². The SMILES string of the molecule is CCc1cccc2c(-c3cc(N)no3)c(C)n(C)c12. The van der Waals surface area contributed by atoms with Crippen LogP contribution >= 0.6 is 0 Å². The van der Waals surface area contributed by atoms with Gasteiger partial charge in [0.15, 0.2) is 11.6 Å². The first-order chi connectivity index (χ1) is 9.13. The van der Waals surface area contributed by atoms with Crippen molar-refractivity contribution >= 4 is 16.7 Å². The highest BCUT2D eigenvalue weighted by atomic mass is 16.5. The Morgan fingerprint density at radius 2 is 2.16 bits per heavy atom. The summed E-state index contributed by atoms with van der Waals surface area (Å²) in [4.78, 5) is 0. The molecule has 3 aromatic rings. The van der Waals surface area contributed by atoms with E-state index in [1.165, 1.54) is 16.5 Å². The van der Waals surface area contributed by atoms with Gasteiger partial charge in [0.2, 0.25) is 0 Å². The lowest BCUT2D eigenvalue weighted by Crippen LogP contribution is -1.93. The lowest BCUT2D eigenvalue weighted by Gasteiger charge is -2.03. The Labute approximate surface area is 111 Å². The highest BCUT2D eigenvalue weighted by Gasteiger charge is 2.18. The van der Waals surface area contributed by atoms with Crippen molar-refractivity contribution in [3.8, 4) is 11.3 Å². The van der Waals surface area contributed by atoms with Crippen molar-refractivity contribution in [1.82, 2.24) is 9.72 Å². The molecule has 4 nitrogen and oxygen atoms in total. The number of aryl methyl sites for hydroxylation is 2. The summed E-state index contributed by atoms with van der Waals surface area (Å²) in [6.07, 6.45) is 1.01. The predicted octanol–water partition coefficient (Wildman–Crippen LogP) is 3.29. The highest BCUT2D eigenvalue weighted by molar-refractivity contribution is 5.98. The molecule has 0 amide bonds. The van der Waals surface area contributed by atoms with Gasteiger partial charge in [0.25, 0.3) is 0 Å². The Kier molecular flexibility index (Phi) is 2.59. The average molecular weight is 255 g/mol. The monoisotopic (exact) mass is 255 g/mol. The van der Waals surface area contributed by atoms with E-state index in [1.807, 2.05) is 0 Å². The molecule has 19 heavy (non-hydrogen) atoms. The van der Waals surface area contributed by atoms with Crippen LogP contribution in [0.25, 0.3) is 22.2 Å². The minimum Gasteiger partial charge on any atom is -0.381 e. The molecule has 0 saturated carbocycles. The van der Waals surface area contributed by atoms with Crippen molar-refractivity contribution in [2.45, 2.75) is 20.3 Å². The molecule has 98 valence electrons. The standard InChI is InChI=1S/C15H17N3O/c1-4-10-6-5-7-11-14(9(2)18(3)15(10)11)12-8-13(16)17-19-12/h5-8H,4H2,1-3H3,(H2,16,17). The number of nitrogens with two attached hydrogens (primary N) is 1. The second-order valence-electron chi connectivity index (χ2n) is 4.80. The second-order valence-corrected chi connectivity index (χ2v) is 4.80. The Balaban J connectivity index is 2.40. The van der Waals surface area contributed by atoms with Crippen molar-refractivity contribution in [3.63, 3.8) is 0 Å². The Hall–Kier alpha value is -2.23. The van der Waals surface area contributed by atoms with Crippen LogP contribution in [0, 0.1) is 6.92 Å². The zero-order valence-corrected chi connectivity index (χ0v) is 11.4. The summed E-state index contributed by atoms with van der Waals surface area (Å²) < 4.78 is 7.55. The number of benzene rings is 1. The van der Waals surface area contributed by atoms with Gasteiger partial charge in [0.05, 0.1) is 5.52 Å². The first-order valence-corrected chi connectivity index (χ1v) is 6.43. The van der Waals surface area contributed by atoms with Crippen molar-refractivity contribution in [2.75, 3.05) is 5.73 Å². The number of nitrogens with zero attached hydrogens (tertiary/aromatic N) is 2. The molecule has 2 heterocycles. The molecule has 0 aliphatic carbocycles. The fourth-order valence-electron chi connectivity index (χ4n) is 2.72. The lowest BCUT2D eigenvalue weighted by molar-refractivity contribution is 0.436. The maximum absolute atomic E-state index is 5.66. The maximum Gasteiger partial charge on any atom is 0.171 e. The number of hydrogen-bond donors (Lipinski definition) is 1. The van der Waals surface area contributed by atoms with Crippen molar-refractivity contribution in [1.29, 1.82) is 0 Å². The van der Waals surface area contributed by atoms with Crippen LogP contribution in [0.2, 0.25) is 0 Å². The van der Waals surface area contributed by atoms with Crippen LogP contribution in [0.5, 0.6) is 0 Å². The molecule has 0 spiro atoms. The van der Waals surface area contributed by atoms with Gasteiger partial charge in [-0.2, -0.15) is 0 Å². The van der Waals surface area contributed by atoms with E-state index in [0.29, 0.717) is 5.82 Å². The summed E-state index contributed by atoms with van der Waals surface area (Å²) >= 11 is 0.